The third kappa shape index (κ3) is 2.62. The van der Waals surface area contributed by atoms with Crippen LogP contribution in [0.4, 0.5) is 14.6 Å². The predicted octanol–water partition coefficient (Wildman–Crippen LogP) is 1.05. The number of hydrogen-bond donors (Lipinski definition) is 0. The maximum Gasteiger partial charge on any atom is 0.255 e. The van der Waals surface area contributed by atoms with Gasteiger partial charge in [0.05, 0.1) is 18.9 Å². The molecule has 1 aromatic heterocycles. The van der Waals surface area contributed by atoms with E-state index >= 15 is 0 Å². The van der Waals surface area contributed by atoms with Crippen LogP contribution in [-0.4, -0.2) is 30.0 Å². The summed E-state index contributed by atoms with van der Waals surface area (Å²) in [6.07, 6.45) is 0.121. The van der Waals surface area contributed by atoms with Crippen LogP contribution in [0.3, 0.4) is 0 Å². The number of halogens is 2. The molecule has 6 heteroatoms. The second-order valence-electron chi connectivity index (χ2n) is 2.64. The van der Waals surface area contributed by atoms with Gasteiger partial charge < -0.3 is 4.90 Å². The lowest BCUT2D eigenvalue weighted by Crippen LogP contribution is -2.25. The van der Waals surface area contributed by atoms with E-state index in [4.69, 9.17) is 5.26 Å². The molecule has 0 aliphatic carbocycles. The van der Waals surface area contributed by atoms with E-state index in [9.17, 15) is 8.78 Å². The van der Waals surface area contributed by atoms with Gasteiger partial charge in [0.25, 0.3) is 6.43 Å². The van der Waals surface area contributed by atoms with E-state index in [2.05, 4.69) is 9.97 Å². The summed E-state index contributed by atoms with van der Waals surface area (Å²) < 4.78 is 23.9. The molecule has 0 N–H and O–H groups in total. The highest BCUT2D eigenvalue weighted by atomic mass is 19.3. The van der Waals surface area contributed by atoms with Crippen LogP contribution >= 0.6 is 0 Å². The van der Waals surface area contributed by atoms with Crippen molar-refractivity contribution >= 4 is 5.82 Å². The van der Waals surface area contributed by atoms with Crippen molar-refractivity contribution in [3.63, 3.8) is 0 Å². The normalized spacial score (nSPS) is 9.93. The maximum absolute atomic E-state index is 12.0. The molecule has 0 fully saturated rings. The lowest BCUT2D eigenvalue weighted by molar-refractivity contribution is 0.156. The topological polar surface area (TPSA) is 52.8 Å². The van der Waals surface area contributed by atoms with Crippen molar-refractivity contribution < 1.29 is 8.78 Å². The second kappa shape index (κ2) is 4.46. The van der Waals surface area contributed by atoms with Crippen LogP contribution in [0.2, 0.25) is 0 Å². The van der Waals surface area contributed by atoms with Gasteiger partial charge in [0, 0.05) is 7.05 Å². The molecule has 1 aromatic rings. The highest BCUT2D eigenvalue weighted by Crippen LogP contribution is 2.08. The minimum absolute atomic E-state index is 0.166. The highest BCUT2D eigenvalue weighted by molar-refractivity contribution is 5.35. The largest absolute Gasteiger partial charge is 0.353 e. The van der Waals surface area contributed by atoms with Gasteiger partial charge in [0.15, 0.2) is 5.69 Å². The number of aromatic nitrogens is 2. The van der Waals surface area contributed by atoms with Crippen LogP contribution in [-0.2, 0) is 0 Å². The molecule has 14 heavy (non-hydrogen) atoms. The van der Waals surface area contributed by atoms with Crippen LogP contribution in [0.1, 0.15) is 5.69 Å². The average Bonchev–Trinajstić information content (AvgIpc) is 2.17. The SMILES string of the molecule is CN(CC(F)F)c1cnc(C#N)cn1. The minimum atomic E-state index is -2.42. The summed E-state index contributed by atoms with van der Waals surface area (Å²) in [4.78, 5) is 8.80. The van der Waals surface area contributed by atoms with Crippen molar-refractivity contribution in [2.45, 2.75) is 6.43 Å². The van der Waals surface area contributed by atoms with E-state index < -0.39 is 13.0 Å². The van der Waals surface area contributed by atoms with Gasteiger partial charge in [-0.25, -0.2) is 18.7 Å². The summed E-state index contributed by atoms with van der Waals surface area (Å²) >= 11 is 0. The third-order valence-corrected chi connectivity index (χ3v) is 1.56. The molecule has 0 aliphatic rings. The standard InChI is InChI=1S/C8H8F2N4/c1-14(5-7(9)10)8-4-12-6(2-11)3-13-8/h3-4,7H,5H2,1H3. The fraction of sp³-hybridized carbons (Fsp3) is 0.375. The van der Waals surface area contributed by atoms with E-state index in [1.54, 1.807) is 6.07 Å². The Kier molecular flexibility index (Phi) is 3.29. The fourth-order valence-corrected chi connectivity index (χ4v) is 0.877. The van der Waals surface area contributed by atoms with Gasteiger partial charge >= 0.3 is 0 Å². The number of anilines is 1. The Hall–Kier alpha value is -1.77. The van der Waals surface area contributed by atoms with E-state index in [0.29, 0.717) is 5.82 Å². The number of nitrogens with zero attached hydrogens (tertiary/aromatic N) is 4. The van der Waals surface area contributed by atoms with Crippen LogP contribution in [0.25, 0.3) is 0 Å². The quantitative estimate of drug-likeness (QED) is 0.728. The van der Waals surface area contributed by atoms with Crippen molar-refractivity contribution in [1.29, 1.82) is 5.26 Å². The summed E-state index contributed by atoms with van der Waals surface area (Å²) in [6, 6.07) is 1.79. The molecule has 0 aromatic carbocycles. The van der Waals surface area contributed by atoms with E-state index in [-0.39, 0.29) is 5.69 Å². The second-order valence-corrected chi connectivity index (χ2v) is 2.64. The van der Waals surface area contributed by atoms with Crippen LogP contribution in [0, 0.1) is 11.3 Å². The molecule has 0 bridgehead atoms. The molecule has 0 saturated heterocycles. The zero-order chi connectivity index (χ0) is 10.6. The first-order valence-electron chi connectivity index (χ1n) is 3.85. The summed E-state index contributed by atoms with van der Waals surface area (Å²) in [6.45, 7) is -0.402. The van der Waals surface area contributed by atoms with Gasteiger partial charge in [0.2, 0.25) is 0 Å². The Morgan fingerprint density at radius 2 is 2.21 bits per heavy atom. The minimum Gasteiger partial charge on any atom is -0.353 e. The van der Waals surface area contributed by atoms with Gasteiger partial charge in [-0.05, 0) is 0 Å². The van der Waals surface area contributed by atoms with Crippen LogP contribution in [0.5, 0.6) is 0 Å². The van der Waals surface area contributed by atoms with Gasteiger partial charge in [0.1, 0.15) is 11.9 Å². The maximum atomic E-state index is 12.0. The zero-order valence-electron chi connectivity index (χ0n) is 7.48. The highest BCUT2D eigenvalue weighted by Gasteiger charge is 2.09. The molecule has 74 valence electrons. The smallest absolute Gasteiger partial charge is 0.255 e. The molecule has 0 atom stereocenters. The van der Waals surface area contributed by atoms with Crippen molar-refractivity contribution in [3.8, 4) is 6.07 Å². The Bertz CT molecular complexity index is 330. The number of hydrogen-bond acceptors (Lipinski definition) is 4. The van der Waals surface area contributed by atoms with E-state index in [1.807, 2.05) is 0 Å². The molecule has 1 heterocycles. The van der Waals surface area contributed by atoms with E-state index in [0.717, 1.165) is 0 Å². The van der Waals surface area contributed by atoms with Crippen LogP contribution in [0.15, 0.2) is 12.4 Å². The first-order chi connectivity index (χ1) is 6.63. The Labute approximate surface area is 79.8 Å². The molecule has 0 saturated carbocycles. The first-order valence-corrected chi connectivity index (χ1v) is 3.85. The molecule has 1 rings (SSSR count). The molecule has 0 spiro atoms. The van der Waals surface area contributed by atoms with Gasteiger partial charge in [-0.2, -0.15) is 5.26 Å². The lowest BCUT2D eigenvalue weighted by atomic mass is 10.4. The number of rotatable bonds is 3. The lowest BCUT2D eigenvalue weighted by Gasteiger charge is -2.16. The molecular formula is C8H8F2N4. The van der Waals surface area contributed by atoms with E-state index in [1.165, 1.54) is 24.3 Å². The Morgan fingerprint density at radius 3 is 2.64 bits per heavy atom. The van der Waals surface area contributed by atoms with Gasteiger partial charge in [-0.15, -0.1) is 0 Å². The van der Waals surface area contributed by atoms with Crippen molar-refractivity contribution in [2.24, 2.45) is 0 Å². The summed E-state index contributed by atoms with van der Waals surface area (Å²) in [5, 5.41) is 8.43. The zero-order valence-corrected chi connectivity index (χ0v) is 7.48. The Balaban J connectivity index is 2.72. The molecule has 0 amide bonds. The van der Waals surface area contributed by atoms with Gasteiger partial charge in [-0.3, -0.25) is 0 Å². The summed E-state index contributed by atoms with van der Waals surface area (Å²) in [5.41, 5.74) is 0.166. The molecule has 0 radical (unpaired) electrons. The molecule has 0 aliphatic heterocycles. The fourth-order valence-electron chi connectivity index (χ4n) is 0.877. The predicted molar refractivity (Wildman–Crippen MR) is 46.0 cm³/mol. The first kappa shape index (κ1) is 10.3. The van der Waals surface area contributed by atoms with Crippen molar-refractivity contribution in [1.82, 2.24) is 9.97 Å². The Morgan fingerprint density at radius 1 is 1.50 bits per heavy atom. The third-order valence-electron chi connectivity index (χ3n) is 1.56. The molecule has 0 unspecified atom stereocenters. The molecular weight excluding hydrogens is 190 g/mol. The summed E-state index contributed by atoms with van der Waals surface area (Å²) in [5.74, 6) is 0.323. The van der Waals surface area contributed by atoms with Crippen molar-refractivity contribution in [2.75, 3.05) is 18.5 Å². The van der Waals surface area contributed by atoms with Crippen molar-refractivity contribution in [3.05, 3.63) is 18.1 Å². The molecule has 4 nitrogen and oxygen atoms in total. The summed E-state index contributed by atoms with van der Waals surface area (Å²) in [7, 11) is 1.49. The van der Waals surface area contributed by atoms with Gasteiger partial charge in [-0.1, -0.05) is 0 Å². The number of alkyl halides is 2. The van der Waals surface area contributed by atoms with Crippen LogP contribution < -0.4 is 4.90 Å². The number of nitriles is 1. The monoisotopic (exact) mass is 198 g/mol. The average molecular weight is 198 g/mol.